The molecule has 0 spiro atoms. The molecule has 0 fully saturated rings. The van der Waals surface area contributed by atoms with Crippen molar-refractivity contribution >= 4 is 39.3 Å². The first kappa shape index (κ1) is 11.6. The van der Waals surface area contributed by atoms with E-state index < -0.39 is 0 Å². The Bertz CT molecular complexity index is 347. The van der Waals surface area contributed by atoms with Crippen molar-refractivity contribution in [1.82, 2.24) is 0 Å². The topological polar surface area (TPSA) is 26.0 Å². The van der Waals surface area contributed by atoms with Gasteiger partial charge in [0.1, 0.15) is 0 Å². The molecular formula is C11H13BrClN. The summed E-state index contributed by atoms with van der Waals surface area (Å²) in [5.74, 6) is 0. The molecule has 0 aliphatic heterocycles. The van der Waals surface area contributed by atoms with Crippen LogP contribution in [0.1, 0.15) is 17.5 Å². The highest BCUT2D eigenvalue weighted by molar-refractivity contribution is 9.09. The van der Waals surface area contributed by atoms with E-state index in [1.54, 1.807) is 0 Å². The van der Waals surface area contributed by atoms with Gasteiger partial charge in [0.15, 0.2) is 0 Å². The Labute approximate surface area is 98.1 Å². The average molecular weight is 275 g/mol. The Morgan fingerprint density at radius 3 is 2.86 bits per heavy atom. The second-order valence-corrected chi connectivity index (χ2v) is 4.23. The van der Waals surface area contributed by atoms with Crippen molar-refractivity contribution in [2.45, 2.75) is 13.3 Å². The minimum atomic E-state index is 0.743. The monoisotopic (exact) mass is 273 g/mol. The molecule has 0 aromatic heterocycles. The molecule has 0 saturated carbocycles. The Kier molecular flexibility index (Phi) is 4.49. The lowest BCUT2D eigenvalue weighted by Crippen LogP contribution is -1.91. The molecule has 14 heavy (non-hydrogen) atoms. The highest BCUT2D eigenvalue weighted by Gasteiger charge is 2.02. The lowest BCUT2D eigenvalue weighted by Gasteiger charge is -2.05. The lowest BCUT2D eigenvalue weighted by atomic mass is 10.1. The van der Waals surface area contributed by atoms with E-state index in [0.29, 0.717) is 0 Å². The summed E-state index contributed by atoms with van der Waals surface area (Å²) < 4.78 is 0. The van der Waals surface area contributed by atoms with E-state index in [9.17, 15) is 0 Å². The third kappa shape index (κ3) is 2.76. The van der Waals surface area contributed by atoms with Crippen LogP contribution in [0.2, 0.25) is 5.02 Å². The number of allylic oxidation sites excluding steroid dienone is 1. The quantitative estimate of drug-likeness (QED) is 0.653. The molecule has 0 heterocycles. The Balaban J connectivity index is 2.94. The van der Waals surface area contributed by atoms with E-state index in [4.69, 9.17) is 17.3 Å². The fourth-order valence-electron chi connectivity index (χ4n) is 1.12. The Hall–Kier alpha value is -0.470. The average Bonchev–Trinajstić information content (AvgIpc) is 2.18. The highest BCUT2D eigenvalue weighted by Crippen LogP contribution is 2.26. The van der Waals surface area contributed by atoms with Crippen LogP contribution < -0.4 is 5.73 Å². The minimum absolute atomic E-state index is 0.743. The van der Waals surface area contributed by atoms with Crippen LogP contribution >= 0.6 is 27.5 Å². The van der Waals surface area contributed by atoms with Gasteiger partial charge >= 0.3 is 0 Å². The summed E-state index contributed by atoms with van der Waals surface area (Å²) in [6, 6.07) is 3.82. The summed E-state index contributed by atoms with van der Waals surface area (Å²) in [5, 5.41) is 1.71. The molecule has 0 bridgehead atoms. The first-order valence-electron chi connectivity index (χ1n) is 4.44. The maximum atomic E-state index is 6.13. The molecule has 0 aliphatic rings. The zero-order valence-corrected chi connectivity index (χ0v) is 10.4. The molecule has 2 N–H and O–H groups in total. The summed E-state index contributed by atoms with van der Waals surface area (Å²) >= 11 is 9.50. The summed E-state index contributed by atoms with van der Waals surface area (Å²) in [7, 11) is 0. The standard InChI is InChI=1S/C11H13BrClN/c1-8-10(14)6-5-9(11(8)13)4-2-3-7-12/h2,4-6H,3,7,14H2,1H3. The van der Waals surface area contributed by atoms with Gasteiger partial charge in [-0.15, -0.1) is 0 Å². The van der Waals surface area contributed by atoms with Gasteiger partial charge in [-0.25, -0.2) is 0 Å². The number of anilines is 1. The highest BCUT2D eigenvalue weighted by atomic mass is 79.9. The van der Waals surface area contributed by atoms with Gasteiger partial charge in [0.05, 0.1) is 5.02 Å². The predicted octanol–water partition coefficient (Wildman–Crippen LogP) is 4.03. The minimum Gasteiger partial charge on any atom is -0.398 e. The first-order valence-corrected chi connectivity index (χ1v) is 5.94. The molecule has 1 aromatic carbocycles. The molecule has 0 radical (unpaired) electrons. The Morgan fingerprint density at radius 1 is 1.50 bits per heavy atom. The normalized spacial score (nSPS) is 11.1. The second kappa shape index (κ2) is 5.42. The van der Waals surface area contributed by atoms with E-state index in [2.05, 4.69) is 22.0 Å². The Morgan fingerprint density at radius 2 is 2.21 bits per heavy atom. The second-order valence-electron chi connectivity index (χ2n) is 3.06. The van der Waals surface area contributed by atoms with Crippen molar-refractivity contribution in [3.8, 4) is 0 Å². The SMILES string of the molecule is Cc1c(N)ccc(C=CCCBr)c1Cl. The number of nitrogens with two attached hydrogens (primary N) is 1. The van der Waals surface area contributed by atoms with Gasteiger partial charge in [0.2, 0.25) is 0 Å². The van der Waals surface area contributed by atoms with E-state index in [1.807, 2.05) is 25.1 Å². The number of hydrogen-bond donors (Lipinski definition) is 1. The molecule has 1 rings (SSSR count). The first-order chi connectivity index (χ1) is 6.66. The van der Waals surface area contributed by atoms with Gasteiger partial charge in [0, 0.05) is 11.0 Å². The van der Waals surface area contributed by atoms with Crippen molar-refractivity contribution in [2.75, 3.05) is 11.1 Å². The van der Waals surface area contributed by atoms with Crippen molar-refractivity contribution in [2.24, 2.45) is 0 Å². The van der Waals surface area contributed by atoms with Crippen molar-refractivity contribution in [1.29, 1.82) is 0 Å². The van der Waals surface area contributed by atoms with Crippen molar-refractivity contribution in [3.05, 3.63) is 34.4 Å². The number of alkyl halides is 1. The van der Waals surface area contributed by atoms with Gasteiger partial charge in [-0.05, 0) is 30.5 Å². The fraction of sp³-hybridized carbons (Fsp3) is 0.273. The van der Waals surface area contributed by atoms with Crippen LogP contribution in [-0.4, -0.2) is 5.33 Å². The molecule has 3 heteroatoms. The smallest absolute Gasteiger partial charge is 0.0527 e. The number of nitrogen functional groups attached to an aromatic ring is 1. The molecule has 1 nitrogen and oxygen atoms in total. The van der Waals surface area contributed by atoms with Crippen LogP contribution in [0.4, 0.5) is 5.69 Å². The third-order valence-electron chi connectivity index (χ3n) is 2.03. The van der Waals surface area contributed by atoms with Gasteiger partial charge in [-0.1, -0.05) is 45.7 Å². The molecule has 1 aromatic rings. The predicted molar refractivity (Wildman–Crippen MR) is 68.0 cm³/mol. The van der Waals surface area contributed by atoms with Crippen molar-refractivity contribution < 1.29 is 0 Å². The van der Waals surface area contributed by atoms with E-state index in [-0.39, 0.29) is 0 Å². The van der Waals surface area contributed by atoms with E-state index in [0.717, 1.165) is 33.6 Å². The molecule has 0 unspecified atom stereocenters. The maximum Gasteiger partial charge on any atom is 0.0527 e. The van der Waals surface area contributed by atoms with Crippen LogP contribution in [0.5, 0.6) is 0 Å². The number of benzene rings is 1. The van der Waals surface area contributed by atoms with Gasteiger partial charge in [0.25, 0.3) is 0 Å². The van der Waals surface area contributed by atoms with Gasteiger partial charge in [-0.3, -0.25) is 0 Å². The van der Waals surface area contributed by atoms with Crippen LogP contribution in [-0.2, 0) is 0 Å². The number of hydrogen-bond acceptors (Lipinski definition) is 1. The zero-order valence-electron chi connectivity index (χ0n) is 8.06. The van der Waals surface area contributed by atoms with Gasteiger partial charge in [-0.2, -0.15) is 0 Å². The number of halogens is 2. The van der Waals surface area contributed by atoms with E-state index in [1.165, 1.54) is 0 Å². The molecule has 0 atom stereocenters. The summed E-state index contributed by atoms with van der Waals surface area (Å²) in [5.41, 5.74) is 8.45. The van der Waals surface area contributed by atoms with Crippen LogP contribution in [0.3, 0.4) is 0 Å². The van der Waals surface area contributed by atoms with E-state index >= 15 is 0 Å². The lowest BCUT2D eigenvalue weighted by molar-refractivity contribution is 1.27. The summed E-state index contributed by atoms with van der Waals surface area (Å²) in [4.78, 5) is 0. The van der Waals surface area contributed by atoms with Crippen LogP contribution in [0.15, 0.2) is 18.2 Å². The molecule has 0 saturated heterocycles. The van der Waals surface area contributed by atoms with Crippen LogP contribution in [0.25, 0.3) is 6.08 Å². The molecular weight excluding hydrogens is 261 g/mol. The fourth-order valence-corrected chi connectivity index (χ4v) is 1.62. The third-order valence-corrected chi connectivity index (χ3v) is 2.99. The summed E-state index contributed by atoms with van der Waals surface area (Å²) in [6.07, 6.45) is 5.11. The molecule has 0 amide bonds. The summed E-state index contributed by atoms with van der Waals surface area (Å²) in [6.45, 7) is 1.93. The van der Waals surface area contributed by atoms with Crippen LogP contribution in [0, 0.1) is 6.92 Å². The van der Waals surface area contributed by atoms with Gasteiger partial charge < -0.3 is 5.73 Å². The zero-order chi connectivity index (χ0) is 10.6. The molecule has 76 valence electrons. The molecule has 0 aliphatic carbocycles. The largest absolute Gasteiger partial charge is 0.398 e. The number of rotatable bonds is 3. The van der Waals surface area contributed by atoms with Crippen molar-refractivity contribution in [3.63, 3.8) is 0 Å². The maximum absolute atomic E-state index is 6.13.